The summed E-state index contributed by atoms with van der Waals surface area (Å²) in [5.41, 5.74) is 3.92. The molecule has 4 aromatic rings. The van der Waals surface area contributed by atoms with Gasteiger partial charge in [0, 0.05) is 31.9 Å². The number of nitro groups is 1. The van der Waals surface area contributed by atoms with Crippen molar-refractivity contribution in [3.05, 3.63) is 88.0 Å². The van der Waals surface area contributed by atoms with E-state index in [1.165, 1.54) is 23.1 Å². The standard InChI is InChI=1S/C27H25N5O4S2/c33-26(29-16-19-4-2-1-3-5-19)18-37-27-30-22-8-7-21(15-25(22)38-27)28-17-20-6-9-23(24(14-20)32(34)35)31-10-12-36-13-11-31/h1-9,14-15,17H,10-13,16,18H2,(H,29,33). The lowest BCUT2D eigenvalue weighted by atomic mass is 10.1. The van der Waals surface area contributed by atoms with Gasteiger partial charge in [-0.3, -0.25) is 19.9 Å². The highest BCUT2D eigenvalue weighted by atomic mass is 32.2. The van der Waals surface area contributed by atoms with Crippen LogP contribution in [0.15, 0.2) is 76.1 Å². The first-order valence-corrected chi connectivity index (χ1v) is 13.8. The highest BCUT2D eigenvalue weighted by Gasteiger charge is 2.21. The second-order valence-corrected chi connectivity index (χ2v) is 10.8. The minimum Gasteiger partial charge on any atom is -0.378 e. The van der Waals surface area contributed by atoms with Crippen LogP contribution in [0, 0.1) is 10.1 Å². The molecule has 3 aromatic carbocycles. The number of aliphatic imine (C=N–C) groups is 1. The number of nitrogens with zero attached hydrogens (tertiary/aromatic N) is 4. The summed E-state index contributed by atoms with van der Waals surface area (Å²) in [6.45, 7) is 2.87. The molecule has 0 aliphatic carbocycles. The zero-order valence-corrected chi connectivity index (χ0v) is 22.0. The molecule has 0 unspecified atom stereocenters. The van der Waals surface area contributed by atoms with Gasteiger partial charge in [0.1, 0.15) is 5.69 Å². The summed E-state index contributed by atoms with van der Waals surface area (Å²) in [4.78, 5) is 34.7. The quantitative estimate of drug-likeness (QED) is 0.133. The Bertz CT molecular complexity index is 1470. The minimum atomic E-state index is -0.355. The number of thiazole rings is 1. The van der Waals surface area contributed by atoms with Gasteiger partial charge in [0.25, 0.3) is 5.69 Å². The van der Waals surface area contributed by atoms with Crippen LogP contribution in [-0.4, -0.2) is 54.1 Å². The number of aromatic nitrogens is 1. The van der Waals surface area contributed by atoms with Crippen molar-refractivity contribution in [2.24, 2.45) is 4.99 Å². The van der Waals surface area contributed by atoms with E-state index in [-0.39, 0.29) is 22.3 Å². The number of fused-ring (bicyclic) bond motifs is 1. The number of thioether (sulfide) groups is 1. The van der Waals surface area contributed by atoms with Crippen molar-refractivity contribution in [1.29, 1.82) is 0 Å². The Morgan fingerprint density at radius 3 is 2.76 bits per heavy atom. The fraction of sp³-hybridized carbons (Fsp3) is 0.222. The molecular weight excluding hydrogens is 522 g/mol. The van der Waals surface area contributed by atoms with Crippen molar-refractivity contribution in [2.45, 2.75) is 10.9 Å². The molecule has 38 heavy (non-hydrogen) atoms. The van der Waals surface area contributed by atoms with Gasteiger partial charge < -0.3 is 15.0 Å². The summed E-state index contributed by atoms with van der Waals surface area (Å²) in [5.74, 6) is 0.244. The smallest absolute Gasteiger partial charge is 0.293 e. The number of ether oxygens (including phenoxy) is 1. The van der Waals surface area contributed by atoms with E-state index in [0.29, 0.717) is 44.1 Å². The topological polar surface area (TPSA) is 110 Å². The van der Waals surface area contributed by atoms with Gasteiger partial charge in [0.05, 0.1) is 39.8 Å². The predicted molar refractivity (Wildman–Crippen MR) is 152 cm³/mol. The molecule has 1 N–H and O–H groups in total. The molecule has 1 amide bonds. The zero-order valence-electron chi connectivity index (χ0n) is 20.4. The second kappa shape index (κ2) is 12.2. The van der Waals surface area contributed by atoms with Crippen molar-refractivity contribution < 1.29 is 14.5 Å². The summed E-state index contributed by atoms with van der Waals surface area (Å²) in [7, 11) is 0. The molecule has 1 aromatic heterocycles. The van der Waals surface area contributed by atoms with Crippen LogP contribution in [0.2, 0.25) is 0 Å². The van der Waals surface area contributed by atoms with E-state index in [1.54, 1.807) is 18.3 Å². The van der Waals surface area contributed by atoms with Crippen LogP contribution < -0.4 is 10.2 Å². The Hall–Kier alpha value is -3.80. The number of carbonyl (C=O) groups excluding carboxylic acids is 1. The third-order valence-corrected chi connectivity index (χ3v) is 8.08. The van der Waals surface area contributed by atoms with Gasteiger partial charge in [0.2, 0.25) is 5.91 Å². The van der Waals surface area contributed by atoms with E-state index in [9.17, 15) is 14.9 Å². The van der Waals surface area contributed by atoms with Crippen LogP contribution in [0.3, 0.4) is 0 Å². The fourth-order valence-corrected chi connectivity index (χ4v) is 5.93. The van der Waals surface area contributed by atoms with Crippen molar-refractivity contribution in [2.75, 3.05) is 37.0 Å². The average molecular weight is 548 g/mol. The molecule has 1 saturated heterocycles. The van der Waals surface area contributed by atoms with Crippen molar-refractivity contribution >= 4 is 62.5 Å². The molecule has 1 fully saturated rings. The van der Waals surface area contributed by atoms with E-state index in [1.807, 2.05) is 59.5 Å². The lowest BCUT2D eigenvalue weighted by molar-refractivity contribution is -0.384. The van der Waals surface area contributed by atoms with Crippen LogP contribution in [0.1, 0.15) is 11.1 Å². The van der Waals surface area contributed by atoms with Gasteiger partial charge >= 0.3 is 0 Å². The number of benzene rings is 3. The molecule has 2 heterocycles. The molecular formula is C27H25N5O4S2. The molecule has 11 heteroatoms. The molecule has 0 atom stereocenters. The van der Waals surface area contributed by atoms with Crippen molar-refractivity contribution in [1.82, 2.24) is 10.3 Å². The molecule has 194 valence electrons. The van der Waals surface area contributed by atoms with Crippen LogP contribution in [0.4, 0.5) is 17.1 Å². The number of carbonyl (C=O) groups is 1. The highest BCUT2D eigenvalue weighted by molar-refractivity contribution is 8.01. The number of hydrogen-bond acceptors (Lipinski definition) is 9. The van der Waals surface area contributed by atoms with Gasteiger partial charge in [-0.05, 0) is 35.4 Å². The lowest BCUT2D eigenvalue weighted by Gasteiger charge is -2.28. The number of nitro benzene ring substituents is 1. The van der Waals surface area contributed by atoms with Crippen molar-refractivity contribution in [3.8, 4) is 0 Å². The maximum Gasteiger partial charge on any atom is 0.293 e. The first kappa shape index (κ1) is 25.8. The summed E-state index contributed by atoms with van der Waals surface area (Å²) >= 11 is 2.91. The largest absolute Gasteiger partial charge is 0.378 e. The molecule has 0 bridgehead atoms. The Labute approximate surface area is 227 Å². The number of rotatable bonds is 9. The second-order valence-electron chi connectivity index (χ2n) is 8.55. The fourth-order valence-electron chi connectivity index (χ4n) is 4.00. The summed E-state index contributed by atoms with van der Waals surface area (Å²) in [5, 5.41) is 14.6. The maximum atomic E-state index is 12.2. The molecule has 1 aliphatic heterocycles. The maximum absolute atomic E-state index is 12.2. The van der Waals surface area contributed by atoms with Gasteiger partial charge in [-0.1, -0.05) is 48.2 Å². The van der Waals surface area contributed by atoms with Crippen molar-refractivity contribution in [3.63, 3.8) is 0 Å². The Balaban J connectivity index is 1.22. The Morgan fingerprint density at radius 2 is 1.97 bits per heavy atom. The van der Waals surface area contributed by atoms with Crippen LogP contribution in [0.25, 0.3) is 10.2 Å². The van der Waals surface area contributed by atoms with E-state index < -0.39 is 0 Å². The first-order chi connectivity index (χ1) is 18.5. The molecule has 9 nitrogen and oxygen atoms in total. The monoisotopic (exact) mass is 547 g/mol. The number of hydrogen-bond donors (Lipinski definition) is 1. The molecule has 0 spiro atoms. The summed E-state index contributed by atoms with van der Waals surface area (Å²) in [6.07, 6.45) is 1.63. The van der Waals surface area contributed by atoms with Crippen LogP contribution in [-0.2, 0) is 16.1 Å². The third kappa shape index (κ3) is 6.55. The number of amides is 1. The van der Waals surface area contributed by atoms with Gasteiger partial charge in [-0.2, -0.15) is 0 Å². The summed E-state index contributed by atoms with van der Waals surface area (Å²) in [6, 6.07) is 20.6. The Kier molecular flexibility index (Phi) is 8.27. The first-order valence-electron chi connectivity index (χ1n) is 12.0. The van der Waals surface area contributed by atoms with E-state index in [0.717, 1.165) is 25.8 Å². The zero-order chi connectivity index (χ0) is 26.3. The highest BCUT2D eigenvalue weighted by Crippen LogP contribution is 2.33. The van der Waals surface area contributed by atoms with E-state index in [4.69, 9.17) is 4.74 Å². The summed E-state index contributed by atoms with van der Waals surface area (Å²) < 4.78 is 7.13. The normalized spacial score (nSPS) is 13.7. The Morgan fingerprint density at radius 1 is 1.16 bits per heavy atom. The van der Waals surface area contributed by atoms with E-state index in [2.05, 4.69) is 15.3 Å². The lowest BCUT2D eigenvalue weighted by Crippen LogP contribution is -2.36. The average Bonchev–Trinajstić information content (AvgIpc) is 3.37. The molecule has 0 radical (unpaired) electrons. The SMILES string of the molecule is O=C(CSc1nc2ccc(N=Cc3ccc(N4CCOCC4)c([N+](=O)[O-])c3)cc2s1)NCc1ccccc1. The predicted octanol–water partition coefficient (Wildman–Crippen LogP) is 5.20. The molecule has 1 aliphatic rings. The number of morpholine rings is 1. The number of anilines is 1. The van der Waals surface area contributed by atoms with Crippen LogP contribution >= 0.6 is 23.1 Å². The van der Waals surface area contributed by atoms with Gasteiger partial charge in [-0.15, -0.1) is 11.3 Å². The third-order valence-electron chi connectivity index (χ3n) is 5.92. The minimum absolute atomic E-state index is 0.0443. The van der Waals surface area contributed by atoms with E-state index >= 15 is 0 Å². The van der Waals surface area contributed by atoms with Gasteiger partial charge in [0.15, 0.2) is 4.34 Å². The molecule has 5 rings (SSSR count). The number of nitrogens with one attached hydrogen (secondary N) is 1. The van der Waals surface area contributed by atoms with Crippen LogP contribution in [0.5, 0.6) is 0 Å². The molecule has 0 saturated carbocycles. The van der Waals surface area contributed by atoms with Gasteiger partial charge in [-0.25, -0.2) is 4.98 Å².